The number of ether oxygens (including phenoxy) is 1. The molecular formula is C26H24N2O5S. The summed E-state index contributed by atoms with van der Waals surface area (Å²) in [6, 6.07) is 23.5. The molecule has 0 saturated carbocycles. The second-order valence-corrected chi connectivity index (χ2v) is 9.30. The number of nitrogens with one attached hydrogen (secondary N) is 2. The van der Waals surface area contributed by atoms with Gasteiger partial charge in [-0.3, -0.25) is 9.52 Å². The number of hydrogen-bond donors (Lipinski definition) is 2. The lowest BCUT2D eigenvalue weighted by molar-refractivity contribution is 0.0938. The van der Waals surface area contributed by atoms with Gasteiger partial charge < -0.3 is 14.5 Å². The summed E-state index contributed by atoms with van der Waals surface area (Å²) in [5.41, 5.74) is 1.96. The van der Waals surface area contributed by atoms with Gasteiger partial charge in [-0.2, -0.15) is 0 Å². The normalized spacial score (nSPS) is 12.1. The van der Waals surface area contributed by atoms with E-state index in [0.29, 0.717) is 22.8 Å². The minimum atomic E-state index is -3.93. The average molecular weight is 477 g/mol. The third kappa shape index (κ3) is 5.13. The fraction of sp³-hybridized carbons (Fsp3) is 0.115. The Balaban J connectivity index is 1.60. The van der Waals surface area contributed by atoms with Crippen LogP contribution >= 0.6 is 0 Å². The summed E-state index contributed by atoms with van der Waals surface area (Å²) in [7, 11) is -2.40. The fourth-order valence-corrected chi connectivity index (χ4v) is 4.86. The molecule has 1 amide bonds. The van der Waals surface area contributed by atoms with Crippen molar-refractivity contribution in [2.24, 2.45) is 0 Å². The number of hydrogen-bond acceptors (Lipinski definition) is 5. The van der Waals surface area contributed by atoms with Crippen LogP contribution in [-0.4, -0.2) is 21.4 Å². The lowest BCUT2D eigenvalue weighted by atomic mass is 10.0. The first-order valence-electron chi connectivity index (χ1n) is 10.5. The van der Waals surface area contributed by atoms with Crippen molar-refractivity contribution >= 4 is 21.6 Å². The van der Waals surface area contributed by atoms with Crippen LogP contribution in [0, 0.1) is 6.92 Å². The monoisotopic (exact) mass is 476 g/mol. The van der Waals surface area contributed by atoms with Gasteiger partial charge in [0.15, 0.2) is 0 Å². The molecule has 0 spiro atoms. The lowest BCUT2D eigenvalue weighted by Gasteiger charge is -2.18. The summed E-state index contributed by atoms with van der Waals surface area (Å²) in [6.07, 6.45) is 1.54. The molecule has 8 heteroatoms. The van der Waals surface area contributed by atoms with Crippen molar-refractivity contribution in [2.75, 3.05) is 11.8 Å². The highest BCUT2D eigenvalue weighted by molar-refractivity contribution is 7.92. The topological polar surface area (TPSA) is 97.6 Å². The van der Waals surface area contributed by atoms with E-state index < -0.39 is 22.0 Å². The predicted molar refractivity (Wildman–Crippen MR) is 129 cm³/mol. The van der Waals surface area contributed by atoms with Crippen molar-refractivity contribution < 1.29 is 22.4 Å². The molecule has 2 N–H and O–H groups in total. The van der Waals surface area contributed by atoms with Crippen LogP contribution < -0.4 is 14.8 Å². The Bertz CT molecular complexity index is 1370. The first-order chi connectivity index (χ1) is 16.4. The molecule has 7 nitrogen and oxygen atoms in total. The maximum absolute atomic E-state index is 13.2. The Morgan fingerprint density at radius 1 is 0.941 bits per heavy atom. The number of amides is 1. The lowest BCUT2D eigenvalue weighted by Crippen LogP contribution is -2.29. The van der Waals surface area contributed by atoms with E-state index in [1.807, 2.05) is 30.3 Å². The second-order valence-electron chi connectivity index (χ2n) is 7.65. The Morgan fingerprint density at radius 3 is 2.32 bits per heavy atom. The van der Waals surface area contributed by atoms with Gasteiger partial charge in [-0.15, -0.1) is 0 Å². The van der Waals surface area contributed by atoms with Crippen LogP contribution in [0.15, 0.2) is 101 Å². The number of anilines is 1. The quantitative estimate of drug-likeness (QED) is 0.376. The summed E-state index contributed by atoms with van der Waals surface area (Å²) < 4.78 is 39.4. The molecule has 0 radical (unpaired) electrons. The molecule has 34 heavy (non-hydrogen) atoms. The van der Waals surface area contributed by atoms with Crippen LogP contribution in [-0.2, 0) is 10.0 Å². The second kappa shape index (κ2) is 9.84. The van der Waals surface area contributed by atoms with Gasteiger partial charge in [-0.1, -0.05) is 36.4 Å². The van der Waals surface area contributed by atoms with Crippen LogP contribution in [0.2, 0.25) is 0 Å². The molecule has 1 unspecified atom stereocenters. The highest BCUT2D eigenvalue weighted by atomic mass is 32.2. The molecule has 174 valence electrons. The van der Waals surface area contributed by atoms with Crippen LogP contribution in [0.4, 0.5) is 5.69 Å². The number of aryl methyl sites for hydroxylation is 1. The number of carbonyl (C=O) groups excluding carboxylic acids is 1. The molecule has 4 rings (SSSR count). The van der Waals surface area contributed by atoms with Crippen molar-refractivity contribution in [1.29, 1.82) is 0 Å². The van der Waals surface area contributed by atoms with Crippen molar-refractivity contribution in [3.8, 4) is 5.75 Å². The van der Waals surface area contributed by atoms with E-state index >= 15 is 0 Å². The van der Waals surface area contributed by atoms with Gasteiger partial charge >= 0.3 is 0 Å². The number of methoxy groups -OCH3 is 1. The molecule has 0 fully saturated rings. The molecule has 1 aromatic heterocycles. The maximum Gasteiger partial charge on any atom is 0.262 e. The van der Waals surface area contributed by atoms with Crippen molar-refractivity contribution in [3.63, 3.8) is 0 Å². The number of benzene rings is 3. The van der Waals surface area contributed by atoms with Crippen LogP contribution in [0.3, 0.4) is 0 Å². The Labute approximate surface area is 198 Å². The Kier molecular flexibility index (Phi) is 6.70. The largest absolute Gasteiger partial charge is 0.497 e. The Morgan fingerprint density at radius 2 is 1.68 bits per heavy atom. The van der Waals surface area contributed by atoms with E-state index in [1.165, 1.54) is 13.2 Å². The molecule has 3 aromatic carbocycles. The molecule has 0 aliphatic carbocycles. The van der Waals surface area contributed by atoms with E-state index in [0.717, 1.165) is 5.56 Å². The summed E-state index contributed by atoms with van der Waals surface area (Å²) in [5, 5.41) is 2.95. The van der Waals surface area contributed by atoms with Crippen LogP contribution in [0.25, 0.3) is 0 Å². The smallest absolute Gasteiger partial charge is 0.262 e. The first kappa shape index (κ1) is 23.1. The summed E-state index contributed by atoms with van der Waals surface area (Å²) in [4.78, 5) is 13.2. The standard InChI is InChI=1S/C26H24N2O5S/c1-18-10-11-20(17-24(18)34(30,31)28-21-12-14-22(32-2)15-13-21)26(29)27-25(23-9-6-16-33-23)19-7-4-3-5-8-19/h3-17,25,28H,1-2H3,(H,27,29). The van der Waals surface area contributed by atoms with Gasteiger partial charge in [-0.25, -0.2) is 8.42 Å². The summed E-state index contributed by atoms with van der Waals surface area (Å²) >= 11 is 0. The minimum absolute atomic E-state index is 0.0187. The number of carbonyl (C=O) groups is 1. The molecule has 4 aromatic rings. The molecule has 1 heterocycles. The van der Waals surface area contributed by atoms with Crippen molar-refractivity contribution in [1.82, 2.24) is 5.32 Å². The number of rotatable bonds is 8. The highest BCUT2D eigenvalue weighted by Gasteiger charge is 2.23. The van der Waals surface area contributed by atoms with Gasteiger partial charge in [0.1, 0.15) is 17.6 Å². The SMILES string of the molecule is COc1ccc(NS(=O)(=O)c2cc(C(=O)NC(c3ccccc3)c3ccco3)ccc2C)cc1. The predicted octanol–water partition coefficient (Wildman–Crippen LogP) is 4.92. The molecule has 0 aliphatic rings. The third-order valence-corrected chi connectivity index (χ3v) is 6.84. The van der Waals surface area contributed by atoms with E-state index in [1.54, 1.807) is 61.7 Å². The Hall–Kier alpha value is -4.04. The van der Waals surface area contributed by atoms with Crippen molar-refractivity contribution in [2.45, 2.75) is 17.9 Å². The van der Waals surface area contributed by atoms with Gasteiger partial charge in [0, 0.05) is 11.3 Å². The van der Waals surface area contributed by atoms with E-state index in [-0.39, 0.29) is 10.5 Å². The maximum atomic E-state index is 13.2. The molecule has 1 atom stereocenters. The van der Waals surface area contributed by atoms with Gasteiger partial charge in [0.2, 0.25) is 0 Å². The zero-order valence-electron chi connectivity index (χ0n) is 18.7. The van der Waals surface area contributed by atoms with Gasteiger partial charge in [0.05, 0.1) is 18.3 Å². The van der Waals surface area contributed by atoms with Crippen LogP contribution in [0.5, 0.6) is 5.75 Å². The summed E-state index contributed by atoms with van der Waals surface area (Å²) in [6.45, 7) is 1.68. The van der Waals surface area contributed by atoms with Gasteiger partial charge in [0.25, 0.3) is 15.9 Å². The third-order valence-electron chi connectivity index (χ3n) is 5.32. The number of furan rings is 1. The van der Waals surface area contributed by atoms with E-state index in [9.17, 15) is 13.2 Å². The van der Waals surface area contributed by atoms with Gasteiger partial charge in [-0.05, 0) is 66.6 Å². The molecular weight excluding hydrogens is 452 g/mol. The molecule has 0 aliphatic heterocycles. The zero-order valence-corrected chi connectivity index (χ0v) is 19.5. The minimum Gasteiger partial charge on any atom is -0.497 e. The average Bonchev–Trinajstić information content (AvgIpc) is 3.38. The number of sulfonamides is 1. The molecule has 0 bridgehead atoms. The van der Waals surface area contributed by atoms with Crippen molar-refractivity contribution in [3.05, 3.63) is 114 Å². The highest BCUT2D eigenvalue weighted by Crippen LogP contribution is 2.25. The molecule has 0 saturated heterocycles. The zero-order chi connectivity index (χ0) is 24.1. The van der Waals surface area contributed by atoms with Crippen LogP contribution in [0.1, 0.15) is 33.3 Å². The fourth-order valence-electron chi connectivity index (χ4n) is 3.53. The first-order valence-corrected chi connectivity index (χ1v) is 12.0. The van der Waals surface area contributed by atoms with E-state index in [2.05, 4.69) is 10.0 Å². The summed E-state index contributed by atoms with van der Waals surface area (Å²) in [5.74, 6) is 0.758. The van der Waals surface area contributed by atoms with E-state index in [4.69, 9.17) is 9.15 Å².